The van der Waals surface area contributed by atoms with Crippen LogP contribution in [0.1, 0.15) is 12.0 Å². The Morgan fingerprint density at radius 3 is 2.15 bits per heavy atom. The third kappa shape index (κ3) is 7.50. The molecule has 2 nitrogen and oxygen atoms in total. The lowest BCUT2D eigenvalue weighted by atomic mass is 10.1. The first-order valence-corrected chi connectivity index (χ1v) is 4.58. The first-order valence-electron chi connectivity index (χ1n) is 4.58. The van der Waals surface area contributed by atoms with E-state index in [0.29, 0.717) is 0 Å². The van der Waals surface area contributed by atoms with Gasteiger partial charge in [0.2, 0.25) is 0 Å². The van der Waals surface area contributed by atoms with Crippen LogP contribution in [-0.4, -0.2) is 25.8 Å². The molecule has 1 aromatic rings. The van der Waals surface area contributed by atoms with Crippen molar-refractivity contribution in [1.29, 1.82) is 0 Å². The fraction of sp³-hybridized carbons (Fsp3) is 0.455. The molecule has 0 aromatic heterocycles. The molecule has 0 saturated carbocycles. The van der Waals surface area contributed by atoms with E-state index in [1.54, 1.807) is 0 Å². The van der Waals surface area contributed by atoms with Crippen LogP contribution in [0.2, 0.25) is 0 Å². The molecule has 0 atom stereocenters. The maximum Gasteiger partial charge on any atom is 0.0434 e. The van der Waals surface area contributed by atoms with Crippen molar-refractivity contribution >= 4 is 0 Å². The number of aliphatic hydroxyl groups excluding tert-OH is 1. The first kappa shape index (κ1) is 12.1. The molecule has 13 heavy (non-hydrogen) atoms. The SMILES string of the molecule is CNC.OCCCc1ccccc1. The number of benzene rings is 1. The van der Waals surface area contributed by atoms with Crippen LogP contribution in [-0.2, 0) is 6.42 Å². The van der Waals surface area contributed by atoms with E-state index in [9.17, 15) is 0 Å². The van der Waals surface area contributed by atoms with Gasteiger partial charge in [0.25, 0.3) is 0 Å². The van der Waals surface area contributed by atoms with E-state index < -0.39 is 0 Å². The standard InChI is InChI=1S/C9H12O.C2H7N/c10-8-4-7-9-5-2-1-3-6-9;1-3-2/h1-3,5-6,10H,4,7-8H2;3H,1-2H3. The number of aliphatic hydroxyl groups is 1. The fourth-order valence-corrected chi connectivity index (χ4v) is 0.928. The lowest BCUT2D eigenvalue weighted by Gasteiger charge is -1.96. The van der Waals surface area contributed by atoms with Crippen LogP contribution in [0.15, 0.2) is 30.3 Å². The van der Waals surface area contributed by atoms with Gasteiger partial charge < -0.3 is 10.4 Å². The number of rotatable bonds is 3. The van der Waals surface area contributed by atoms with Crippen molar-refractivity contribution in [2.24, 2.45) is 0 Å². The minimum atomic E-state index is 0.287. The molecule has 0 unspecified atom stereocenters. The Labute approximate surface area is 80.6 Å². The van der Waals surface area contributed by atoms with E-state index in [-0.39, 0.29) is 6.61 Å². The summed E-state index contributed by atoms with van der Waals surface area (Å²) in [5, 5.41) is 11.3. The highest BCUT2D eigenvalue weighted by molar-refractivity contribution is 5.14. The Bertz CT molecular complexity index is 187. The molecule has 2 N–H and O–H groups in total. The van der Waals surface area contributed by atoms with Gasteiger partial charge in [0.1, 0.15) is 0 Å². The van der Waals surface area contributed by atoms with Crippen LogP contribution in [0.4, 0.5) is 0 Å². The van der Waals surface area contributed by atoms with Gasteiger partial charge in [-0.15, -0.1) is 0 Å². The zero-order valence-electron chi connectivity index (χ0n) is 8.46. The summed E-state index contributed by atoms with van der Waals surface area (Å²) in [6.45, 7) is 0.287. The molecule has 0 radical (unpaired) electrons. The highest BCUT2D eigenvalue weighted by atomic mass is 16.2. The summed E-state index contributed by atoms with van der Waals surface area (Å²) in [4.78, 5) is 0. The third-order valence-electron chi connectivity index (χ3n) is 1.47. The summed E-state index contributed by atoms with van der Waals surface area (Å²) >= 11 is 0. The predicted molar refractivity (Wildman–Crippen MR) is 56.8 cm³/mol. The van der Waals surface area contributed by atoms with Crippen LogP contribution < -0.4 is 5.32 Å². The molecule has 74 valence electrons. The molecule has 0 fully saturated rings. The normalized spacial score (nSPS) is 8.85. The summed E-state index contributed by atoms with van der Waals surface area (Å²) in [5.41, 5.74) is 1.30. The quantitative estimate of drug-likeness (QED) is 0.739. The second-order valence-electron chi connectivity index (χ2n) is 2.81. The second kappa shape index (κ2) is 9.23. The second-order valence-corrected chi connectivity index (χ2v) is 2.81. The monoisotopic (exact) mass is 181 g/mol. The zero-order valence-corrected chi connectivity index (χ0v) is 8.46. The molecule has 0 spiro atoms. The molecule has 0 aliphatic carbocycles. The Morgan fingerprint density at radius 2 is 1.69 bits per heavy atom. The van der Waals surface area contributed by atoms with Gasteiger partial charge in [-0.05, 0) is 32.5 Å². The van der Waals surface area contributed by atoms with E-state index in [1.165, 1.54) is 5.56 Å². The molecule has 0 aliphatic rings. The van der Waals surface area contributed by atoms with Crippen LogP contribution >= 0.6 is 0 Å². The third-order valence-corrected chi connectivity index (χ3v) is 1.47. The van der Waals surface area contributed by atoms with E-state index in [2.05, 4.69) is 17.4 Å². The Balaban J connectivity index is 0.000000424. The average molecular weight is 181 g/mol. The number of hydrogen-bond acceptors (Lipinski definition) is 2. The van der Waals surface area contributed by atoms with Gasteiger partial charge in [-0.2, -0.15) is 0 Å². The van der Waals surface area contributed by atoms with Crippen LogP contribution in [0.3, 0.4) is 0 Å². The van der Waals surface area contributed by atoms with E-state index >= 15 is 0 Å². The Morgan fingerprint density at radius 1 is 1.15 bits per heavy atom. The van der Waals surface area contributed by atoms with Gasteiger partial charge in [0, 0.05) is 6.61 Å². The summed E-state index contributed by atoms with van der Waals surface area (Å²) in [6, 6.07) is 10.2. The summed E-state index contributed by atoms with van der Waals surface area (Å²) in [7, 11) is 3.75. The molecular formula is C11H19NO. The number of nitrogens with one attached hydrogen (secondary N) is 1. The van der Waals surface area contributed by atoms with E-state index in [1.807, 2.05) is 32.3 Å². The fourth-order valence-electron chi connectivity index (χ4n) is 0.928. The lowest BCUT2D eigenvalue weighted by Crippen LogP contribution is -1.89. The summed E-state index contributed by atoms with van der Waals surface area (Å²) in [6.07, 6.45) is 1.85. The van der Waals surface area contributed by atoms with Gasteiger partial charge in [-0.1, -0.05) is 30.3 Å². The zero-order chi connectivity index (χ0) is 9.94. The van der Waals surface area contributed by atoms with Crippen LogP contribution in [0.25, 0.3) is 0 Å². The Hall–Kier alpha value is -0.860. The van der Waals surface area contributed by atoms with Crippen molar-refractivity contribution in [1.82, 2.24) is 5.32 Å². The minimum Gasteiger partial charge on any atom is -0.396 e. The highest BCUT2D eigenvalue weighted by Crippen LogP contribution is 2.00. The van der Waals surface area contributed by atoms with Crippen molar-refractivity contribution in [3.05, 3.63) is 35.9 Å². The van der Waals surface area contributed by atoms with E-state index in [4.69, 9.17) is 5.11 Å². The minimum absolute atomic E-state index is 0.287. The van der Waals surface area contributed by atoms with Crippen molar-refractivity contribution in [3.8, 4) is 0 Å². The van der Waals surface area contributed by atoms with Gasteiger partial charge in [0.05, 0.1) is 0 Å². The molecule has 0 saturated heterocycles. The van der Waals surface area contributed by atoms with E-state index in [0.717, 1.165) is 12.8 Å². The predicted octanol–water partition coefficient (Wildman–Crippen LogP) is 1.45. The molecule has 0 bridgehead atoms. The highest BCUT2D eigenvalue weighted by Gasteiger charge is 1.87. The van der Waals surface area contributed by atoms with Crippen molar-refractivity contribution < 1.29 is 5.11 Å². The van der Waals surface area contributed by atoms with Crippen molar-refractivity contribution in [3.63, 3.8) is 0 Å². The number of aryl methyl sites for hydroxylation is 1. The number of hydrogen-bond donors (Lipinski definition) is 2. The largest absolute Gasteiger partial charge is 0.396 e. The smallest absolute Gasteiger partial charge is 0.0434 e. The maximum absolute atomic E-state index is 8.53. The molecule has 0 amide bonds. The van der Waals surface area contributed by atoms with Gasteiger partial charge in [0.15, 0.2) is 0 Å². The maximum atomic E-state index is 8.53. The van der Waals surface area contributed by atoms with Gasteiger partial charge in [-0.25, -0.2) is 0 Å². The van der Waals surface area contributed by atoms with Crippen LogP contribution in [0, 0.1) is 0 Å². The first-order chi connectivity index (χ1) is 6.35. The summed E-state index contributed by atoms with van der Waals surface area (Å²) < 4.78 is 0. The van der Waals surface area contributed by atoms with Gasteiger partial charge >= 0.3 is 0 Å². The van der Waals surface area contributed by atoms with Gasteiger partial charge in [-0.3, -0.25) is 0 Å². The lowest BCUT2D eigenvalue weighted by molar-refractivity contribution is 0.288. The molecule has 0 heterocycles. The van der Waals surface area contributed by atoms with Crippen molar-refractivity contribution in [2.75, 3.05) is 20.7 Å². The van der Waals surface area contributed by atoms with Crippen LogP contribution in [0.5, 0.6) is 0 Å². The average Bonchev–Trinajstić information content (AvgIpc) is 2.18. The molecular weight excluding hydrogens is 162 g/mol. The molecule has 2 heteroatoms. The molecule has 1 aromatic carbocycles. The summed E-state index contributed by atoms with van der Waals surface area (Å²) in [5.74, 6) is 0. The topological polar surface area (TPSA) is 32.3 Å². The molecule has 1 rings (SSSR count). The van der Waals surface area contributed by atoms with Crippen molar-refractivity contribution in [2.45, 2.75) is 12.8 Å². The Kier molecular flexibility index (Phi) is 8.62. The molecule has 0 aliphatic heterocycles.